The molecule has 1 N–H and O–H groups in total. The van der Waals surface area contributed by atoms with Crippen molar-refractivity contribution in [1.82, 2.24) is 0 Å². The summed E-state index contributed by atoms with van der Waals surface area (Å²) in [5, 5.41) is 10.1. The first-order valence-electron chi connectivity index (χ1n) is 10.6. The van der Waals surface area contributed by atoms with Crippen molar-refractivity contribution in [2.24, 2.45) is 40.4 Å². The Morgan fingerprint density at radius 3 is 2.17 bits per heavy atom. The molecular formula is C22H40O. The van der Waals surface area contributed by atoms with Gasteiger partial charge in [0.1, 0.15) is 0 Å². The van der Waals surface area contributed by atoms with Gasteiger partial charge in [-0.1, -0.05) is 34.6 Å². The molecule has 4 aliphatic carbocycles. The fraction of sp³-hybridized carbons (Fsp3) is 1.00. The third kappa shape index (κ3) is 2.60. The number of hydrogen-bond acceptors (Lipinski definition) is 1. The van der Waals surface area contributed by atoms with Gasteiger partial charge in [0, 0.05) is 0 Å². The average molecular weight is 321 g/mol. The fourth-order valence-corrected chi connectivity index (χ4v) is 7.50. The van der Waals surface area contributed by atoms with E-state index in [0.717, 1.165) is 42.4 Å². The van der Waals surface area contributed by atoms with E-state index in [9.17, 15) is 5.11 Å². The zero-order chi connectivity index (χ0) is 16.8. The summed E-state index contributed by atoms with van der Waals surface area (Å²) >= 11 is 0. The molecule has 0 radical (unpaired) electrons. The van der Waals surface area contributed by atoms with Crippen molar-refractivity contribution in [2.45, 2.75) is 98.5 Å². The Morgan fingerprint density at radius 2 is 1.43 bits per heavy atom. The summed E-state index contributed by atoms with van der Waals surface area (Å²) < 4.78 is 0. The second-order valence-corrected chi connectivity index (χ2v) is 9.61. The van der Waals surface area contributed by atoms with Crippen molar-refractivity contribution in [2.75, 3.05) is 0 Å². The van der Waals surface area contributed by atoms with Gasteiger partial charge in [-0.3, -0.25) is 0 Å². The van der Waals surface area contributed by atoms with E-state index in [2.05, 4.69) is 20.8 Å². The van der Waals surface area contributed by atoms with Crippen LogP contribution in [0.2, 0.25) is 0 Å². The largest absolute Gasteiger partial charge is 0.393 e. The number of rotatable bonds is 0. The van der Waals surface area contributed by atoms with Gasteiger partial charge >= 0.3 is 0 Å². The van der Waals surface area contributed by atoms with Crippen LogP contribution in [0.15, 0.2) is 0 Å². The summed E-state index contributed by atoms with van der Waals surface area (Å²) in [7, 11) is 0. The van der Waals surface area contributed by atoms with Crippen LogP contribution in [0.1, 0.15) is 92.4 Å². The molecule has 0 aromatic heterocycles. The van der Waals surface area contributed by atoms with Gasteiger partial charge in [0.25, 0.3) is 0 Å². The van der Waals surface area contributed by atoms with E-state index in [4.69, 9.17) is 0 Å². The molecule has 4 aliphatic rings. The van der Waals surface area contributed by atoms with Crippen LogP contribution in [0.3, 0.4) is 0 Å². The van der Waals surface area contributed by atoms with Crippen molar-refractivity contribution in [3.05, 3.63) is 0 Å². The Morgan fingerprint density at radius 1 is 0.783 bits per heavy atom. The molecule has 0 bridgehead atoms. The molecule has 134 valence electrons. The highest BCUT2D eigenvalue weighted by Crippen LogP contribution is 2.67. The lowest BCUT2D eigenvalue weighted by Gasteiger charge is -2.60. The molecule has 4 fully saturated rings. The summed E-state index contributed by atoms with van der Waals surface area (Å²) in [5.74, 6) is 4.74. The zero-order valence-corrected chi connectivity index (χ0v) is 16.3. The molecule has 0 heterocycles. The van der Waals surface area contributed by atoms with Crippen LogP contribution in [-0.2, 0) is 0 Å². The van der Waals surface area contributed by atoms with Gasteiger partial charge in [-0.15, -0.1) is 0 Å². The van der Waals surface area contributed by atoms with Crippen LogP contribution in [0.4, 0.5) is 0 Å². The van der Waals surface area contributed by atoms with E-state index in [-0.39, 0.29) is 6.10 Å². The lowest BCUT2D eigenvalue weighted by atomic mass is 9.45. The molecule has 8 atom stereocenters. The van der Waals surface area contributed by atoms with Crippen LogP contribution in [0.25, 0.3) is 0 Å². The molecule has 0 spiro atoms. The normalized spacial score (nSPS) is 55.0. The molecule has 1 heteroatoms. The third-order valence-corrected chi connectivity index (χ3v) is 9.11. The van der Waals surface area contributed by atoms with E-state index < -0.39 is 0 Å². The Hall–Kier alpha value is -0.0400. The molecule has 7 unspecified atom stereocenters. The monoisotopic (exact) mass is 320 g/mol. The first-order valence-corrected chi connectivity index (χ1v) is 10.6. The minimum absolute atomic E-state index is 0.0000147. The van der Waals surface area contributed by atoms with E-state index in [0.29, 0.717) is 10.8 Å². The van der Waals surface area contributed by atoms with Crippen molar-refractivity contribution >= 4 is 0 Å². The number of aliphatic hydroxyl groups is 1. The van der Waals surface area contributed by atoms with Crippen molar-refractivity contribution in [3.63, 3.8) is 0 Å². The predicted octanol–water partition coefficient (Wildman–Crippen LogP) is 6.05. The van der Waals surface area contributed by atoms with Crippen LogP contribution in [0, 0.1) is 40.4 Å². The highest BCUT2D eigenvalue weighted by atomic mass is 16.3. The maximum Gasteiger partial charge on any atom is 0.0543 e. The highest BCUT2D eigenvalue weighted by Gasteiger charge is 2.59. The molecule has 0 aliphatic heterocycles. The van der Waals surface area contributed by atoms with E-state index in [1.807, 2.05) is 13.8 Å². The second kappa shape index (κ2) is 6.36. The summed E-state index contributed by atoms with van der Waals surface area (Å²) in [6.07, 6.45) is 12.2. The maximum absolute atomic E-state index is 10.1. The van der Waals surface area contributed by atoms with Gasteiger partial charge in [-0.2, -0.15) is 0 Å². The van der Waals surface area contributed by atoms with Crippen LogP contribution in [0.5, 0.6) is 0 Å². The smallest absolute Gasteiger partial charge is 0.0543 e. The molecule has 0 aromatic rings. The fourth-order valence-electron chi connectivity index (χ4n) is 7.50. The minimum Gasteiger partial charge on any atom is -0.393 e. The Bertz CT molecular complexity index is 418. The second-order valence-electron chi connectivity index (χ2n) is 9.61. The average Bonchev–Trinajstić information content (AvgIpc) is 2.86. The first-order chi connectivity index (χ1) is 10.9. The highest BCUT2D eigenvalue weighted by molar-refractivity contribution is 5.08. The van der Waals surface area contributed by atoms with Crippen LogP contribution < -0.4 is 0 Å². The van der Waals surface area contributed by atoms with Gasteiger partial charge in [0.2, 0.25) is 0 Å². The summed E-state index contributed by atoms with van der Waals surface area (Å²) in [6.45, 7) is 11.7. The lowest BCUT2D eigenvalue weighted by molar-refractivity contribution is -0.125. The van der Waals surface area contributed by atoms with Crippen molar-refractivity contribution in [3.8, 4) is 0 Å². The van der Waals surface area contributed by atoms with Gasteiger partial charge in [-0.05, 0) is 98.2 Å². The minimum atomic E-state index is -0.0000147. The summed E-state index contributed by atoms with van der Waals surface area (Å²) in [5.41, 5.74) is 1.20. The van der Waals surface area contributed by atoms with Gasteiger partial charge < -0.3 is 5.11 Å². The standard InChI is InChI=1S/C20H34O.C2H6/c1-13-4-7-17-16-6-5-14-12-15(21)8-10-20(14,3)18(16)9-11-19(13,17)2;1-2/h13-18,21H,4-12H2,1-3H3;1-2H3/t13?,14?,15-,16?,17?,18?,19?,20?;/m1./s1. The van der Waals surface area contributed by atoms with Crippen LogP contribution >= 0.6 is 0 Å². The molecule has 0 aromatic carbocycles. The number of aliphatic hydroxyl groups excluding tert-OH is 1. The molecule has 4 rings (SSSR count). The zero-order valence-electron chi connectivity index (χ0n) is 16.3. The first kappa shape index (κ1) is 17.8. The predicted molar refractivity (Wildman–Crippen MR) is 98.2 cm³/mol. The van der Waals surface area contributed by atoms with Crippen molar-refractivity contribution < 1.29 is 5.11 Å². The third-order valence-electron chi connectivity index (χ3n) is 9.11. The molecule has 0 amide bonds. The Balaban J connectivity index is 0.000000753. The topological polar surface area (TPSA) is 20.2 Å². The van der Waals surface area contributed by atoms with E-state index in [1.165, 1.54) is 44.9 Å². The number of hydrogen-bond donors (Lipinski definition) is 1. The van der Waals surface area contributed by atoms with E-state index in [1.54, 1.807) is 0 Å². The number of fused-ring (bicyclic) bond motifs is 5. The molecule has 1 nitrogen and oxygen atoms in total. The summed E-state index contributed by atoms with van der Waals surface area (Å²) in [6, 6.07) is 0. The maximum atomic E-state index is 10.1. The molecule has 0 saturated heterocycles. The Kier molecular flexibility index (Phi) is 4.91. The van der Waals surface area contributed by atoms with Gasteiger partial charge in [0.15, 0.2) is 0 Å². The van der Waals surface area contributed by atoms with Gasteiger partial charge in [0.05, 0.1) is 6.10 Å². The SMILES string of the molecule is CC.CC1CCC2C3CCC4C[C@H](O)CCC4(C)C3CCC12C. The van der Waals surface area contributed by atoms with Gasteiger partial charge in [-0.25, -0.2) is 0 Å². The van der Waals surface area contributed by atoms with E-state index >= 15 is 0 Å². The molecular weight excluding hydrogens is 280 g/mol. The van der Waals surface area contributed by atoms with Crippen molar-refractivity contribution in [1.29, 1.82) is 0 Å². The lowest BCUT2D eigenvalue weighted by Crippen LogP contribution is -2.53. The quantitative estimate of drug-likeness (QED) is 0.576. The Labute approximate surface area is 144 Å². The summed E-state index contributed by atoms with van der Waals surface area (Å²) in [4.78, 5) is 0. The molecule has 4 saturated carbocycles. The molecule has 23 heavy (non-hydrogen) atoms. The van der Waals surface area contributed by atoms with Crippen LogP contribution in [-0.4, -0.2) is 11.2 Å².